The molecule has 0 atom stereocenters. The summed E-state index contributed by atoms with van der Waals surface area (Å²) in [6.07, 6.45) is 0.829. The predicted octanol–water partition coefficient (Wildman–Crippen LogP) is 1.21. The summed E-state index contributed by atoms with van der Waals surface area (Å²) < 4.78 is 1.73. The molecule has 9 heteroatoms. The summed E-state index contributed by atoms with van der Waals surface area (Å²) in [5, 5.41) is 21.1. The molecule has 0 aliphatic carbocycles. The van der Waals surface area contributed by atoms with Crippen LogP contribution in [0, 0.1) is 10.1 Å². The van der Waals surface area contributed by atoms with Crippen LogP contribution in [0.25, 0.3) is 0 Å². The molecule has 0 unspecified atom stereocenters. The standard InChI is InChI=1S/C7H9BrN4O4/c8-5-4-11(6(10-5)12(15)16)3-1-2-9-7(13)14/h4,9H,1-3H2,(H,13,14). The van der Waals surface area contributed by atoms with Crippen LogP contribution >= 0.6 is 15.9 Å². The molecule has 0 saturated heterocycles. The van der Waals surface area contributed by atoms with E-state index in [0.717, 1.165) is 0 Å². The van der Waals surface area contributed by atoms with Crippen molar-refractivity contribution in [3.63, 3.8) is 0 Å². The van der Waals surface area contributed by atoms with Crippen LogP contribution < -0.4 is 5.32 Å². The molecule has 1 amide bonds. The smallest absolute Gasteiger partial charge is 0.435 e. The quantitative estimate of drug-likeness (QED) is 0.481. The summed E-state index contributed by atoms with van der Waals surface area (Å²) in [7, 11) is 0. The van der Waals surface area contributed by atoms with Gasteiger partial charge in [-0.25, -0.2) is 9.36 Å². The third kappa shape index (κ3) is 3.50. The molecule has 8 nitrogen and oxygen atoms in total. The van der Waals surface area contributed by atoms with Gasteiger partial charge in [0.15, 0.2) is 0 Å². The van der Waals surface area contributed by atoms with Crippen molar-refractivity contribution in [3.8, 4) is 0 Å². The molecular weight excluding hydrogens is 284 g/mol. The number of nitrogens with zero attached hydrogens (tertiary/aromatic N) is 3. The van der Waals surface area contributed by atoms with E-state index in [1.807, 2.05) is 0 Å². The highest BCUT2D eigenvalue weighted by Crippen LogP contribution is 2.16. The molecule has 2 N–H and O–H groups in total. The van der Waals surface area contributed by atoms with E-state index in [0.29, 0.717) is 17.6 Å². The average Bonchev–Trinajstić information content (AvgIpc) is 2.54. The summed E-state index contributed by atoms with van der Waals surface area (Å²) in [5.41, 5.74) is 0. The second-order valence-corrected chi connectivity index (χ2v) is 3.71. The van der Waals surface area contributed by atoms with Crippen molar-refractivity contribution in [1.82, 2.24) is 14.9 Å². The molecule has 1 heterocycles. The van der Waals surface area contributed by atoms with E-state index >= 15 is 0 Å². The Morgan fingerprint density at radius 2 is 2.44 bits per heavy atom. The maximum Gasteiger partial charge on any atom is 0.435 e. The normalized spacial score (nSPS) is 10.1. The lowest BCUT2D eigenvalue weighted by Gasteiger charge is -2.01. The third-order valence-corrected chi connectivity index (χ3v) is 2.12. The van der Waals surface area contributed by atoms with Gasteiger partial charge >= 0.3 is 12.0 Å². The zero-order chi connectivity index (χ0) is 12.1. The number of hydrogen-bond acceptors (Lipinski definition) is 4. The summed E-state index contributed by atoms with van der Waals surface area (Å²) in [6, 6.07) is 0. The molecule has 0 aromatic carbocycles. The Labute approximate surface area is 98.6 Å². The largest absolute Gasteiger partial charge is 0.465 e. The van der Waals surface area contributed by atoms with Gasteiger partial charge in [0, 0.05) is 6.54 Å². The van der Waals surface area contributed by atoms with Crippen molar-refractivity contribution in [2.24, 2.45) is 0 Å². The van der Waals surface area contributed by atoms with Crippen LogP contribution in [0.2, 0.25) is 0 Å². The maximum absolute atomic E-state index is 10.6. The number of carboxylic acid groups (broad SMARTS) is 1. The van der Waals surface area contributed by atoms with E-state index in [-0.39, 0.29) is 12.5 Å². The second kappa shape index (κ2) is 5.45. The van der Waals surface area contributed by atoms with E-state index in [1.54, 1.807) is 0 Å². The first-order chi connectivity index (χ1) is 7.50. The average molecular weight is 293 g/mol. The summed E-state index contributed by atoms with van der Waals surface area (Å²) in [4.78, 5) is 23.8. The molecular formula is C7H9BrN4O4. The number of aromatic nitrogens is 2. The van der Waals surface area contributed by atoms with Crippen LogP contribution in [0.5, 0.6) is 0 Å². The first-order valence-corrected chi connectivity index (χ1v) is 5.14. The zero-order valence-electron chi connectivity index (χ0n) is 8.09. The van der Waals surface area contributed by atoms with Crippen LogP contribution in [0.4, 0.5) is 10.7 Å². The van der Waals surface area contributed by atoms with Gasteiger partial charge in [0.1, 0.15) is 6.20 Å². The van der Waals surface area contributed by atoms with Gasteiger partial charge in [0.2, 0.25) is 4.60 Å². The van der Waals surface area contributed by atoms with Crippen molar-refractivity contribution in [1.29, 1.82) is 0 Å². The van der Waals surface area contributed by atoms with E-state index in [4.69, 9.17) is 5.11 Å². The fourth-order valence-electron chi connectivity index (χ4n) is 1.13. The lowest BCUT2D eigenvalue weighted by molar-refractivity contribution is -0.396. The van der Waals surface area contributed by atoms with Crippen LogP contribution in [0.15, 0.2) is 10.8 Å². The third-order valence-electron chi connectivity index (χ3n) is 1.74. The monoisotopic (exact) mass is 292 g/mol. The first-order valence-electron chi connectivity index (χ1n) is 4.34. The van der Waals surface area contributed by atoms with Gasteiger partial charge in [-0.05, 0) is 27.3 Å². The molecule has 1 aromatic rings. The van der Waals surface area contributed by atoms with Gasteiger partial charge in [0.05, 0.1) is 6.54 Å². The first kappa shape index (κ1) is 12.4. The van der Waals surface area contributed by atoms with E-state index in [2.05, 4.69) is 26.2 Å². The number of nitro groups is 1. The summed E-state index contributed by atoms with van der Waals surface area (Å²) in [6.45, 7) is 0.567. The van der Waals surface area contributed by atoms with Gasteiger partial charge < -0.3 is 20.5 Å². The molecule has 0 spiro atoms. The van der Waals surface area contributed by atoms with Gasteiger partial charge in [-0.1, -0.05) is 4.98 Å². The number of aryl methyl sites for hydroxylation is 1. The fourth-order valence-corrected chi connectivity index (χ4v) is 1.54. The highest BCUT2D eigenvalue weighted by Gasteiger charge is 2.17. The molecule has 0 radical (unpaired) electrons. The fraction of sp³-hybridized carbons (Fsp3) is 0.429. The van der Waals surface area contributed by atoms with Crippen LogP contribution in [0.3, 0.4) is 0 Å². The summed E-state index contributed by atoms with van der Waals surface area (Å²) in [5.74, 6) is -0.262. The SMILES string of the molecule is O=C(O)NCCCn1cc(Br)nc1[N+](=O)[O-]. The number of carbonyl (C=O) groups is 1. The van der Waals surface area contributed by atoms with Gasteiger partial charge in [-0.3, -0.25) is 0 Å². The number of imidazole rings is 1. The number of amides is 1. The minimum atomic E-state index is -1.11. The Morgan fingerprint density at radius 3 is 3.00 bits per heavy atom. The number of nitrogens with one attached hydrogen (secondary N) is 1. The van der Waals surface area contributed by atoms with Crippen molar-refractivity contribution in [2.45, 2.75) is 13.0 Å². The molecule has 88 valence electrons. The Balaban J connectivity index is 2.53. The molecule has 16 heavy (non-hydrogen) atoms. The molecule has 0 bridgehead atoms. The van der Waals surface area contributed by atoms with Crippen LogP contribution in [-0.4, -0.2) is 32.2 Å². The second-order valence-electron chi connectivity index (χ2n) is 2.90. The van der Waals surface area contributed by atoms with E-state index < -0.39 is 11.0 Å². The molecule has 0 saturated carbocycles. The molecule has 0 aliphatic rings. The van der Waals surface area contributed by atoms with Crippen LogP contribution in [0.1, 0.15) is 6.42 Å². The summed E-state index contributed by atoms with van der Waals surface area (Å²) >= 11 is 3.04. The van der Waals surface area contributed by atoms with Crippen molar-refractivity contribution in [2.75, 3.05) is 6.54 Å². The van der Waals surface area contributed by atoms with Gasteiger partial charge in [0.25, 0.3) is 0 Å². The number of rotatable bonds is 5. The Hall–Kier alpha value is -1.64. The molecule has 0 fully saturated rings. The lowest BCUT2D eigenvalue weighted by Crippen LogP contribution is -2.22. The van der Waals surface area contributed by atoms with E-state index in [1.165, 1.54) is 10.8 Å². The van der Waals surface area contributed by atoms with Crippen molar-refractivity contribution >= 4 is 28.0 Å². The van der Waals surface area contributed by atoms with Crippen molar-refractivity contribution in [3.05, 3.63) is 20.9 Å². The predicted molar refractivity (Wildman–Crippen MR) is 57.2 cm³/mol. The topological polar surface area (TPSA) is 110 Å². The minimum Gasteiger partial charge on any atom is -0.465 e. The Bertz CT molecular complexity index is 405. The number of halogens is 1. The van der Waals surface area contributed by atoms with Crippen LogP contribution in [-0.2, 0) is 6.54 Å². The highest BCUT2D eigenvalue weighted by molar-refractivity contribution is 9.10. The zero-order valence-corrected chi connectivity index (χ0v) is 9.68. The molecule has 1 rings (SSSR count). The Morgan fingerprint density at radius 1 is 1.75 bits per heavy atom. The maximum atomic E-state index is 10.6. The highest BCUT2D eigenvalue weighted by atomic mass is 79.9. The van der Waals surface area contributed by atoms with Crippen molar-refractivity contribution < 1.29 is 14.8 Å². The van der Waals surface area contributed by atoms with Gasteiger partial charge in [-0.2, -0.15) is 0 Å². The number of hydrogen-bond donors (Lipinski definition) is 2. The minimum absolute atomic E-state index is 0.238. The van der Waals surface area contributed by atoms with E-state index in [9.17, 15) is 14.9 Å². The Kier molecular flexibility index (Phi) is 4.23. The molecule has 0 aliphatic heterocycles. The lowest BCUT2D eigenvalue weighted by atomic mass is 10.4. The molecule has 1 aromatic heterocycles. The van der Waals surface area contributed by atoms with Gasteiger partial charge in [-0.15, -0.1) is 0 Å².